The summed E-state index contributed by atoms with van der Waals surface area (Å²) >= 11 is 0. The Hall–Kier alpha value is -0.860. The third kappa shape index (κ3) is 2.80. The van der Waals surface area contributed by atoms with Crippen molar-refractivity contribution in [1.82, 2.24) is 0 Å². The summed E-state index contributed by atoms with van der Waals surface area (Å²) < 4.78 is 11.6. The molecule has 0 bridgehead atoms. The van der Waals surface area contributed by atoms with E-state index in [4.69, 9.17) is 9.47 Å². The highest BCUT2D eigenvalue weighted by Gasteiger charge is 2.32. The fourth-order valence-corrected chi connectivity index (χ4v) is 2.02. The van der Waals surface area contributed by atoms with Crippen LogP contribution in [0.2, 0.25) is 0 Å². The highest BCUT2D eigenvalue weighted by molar-refractivity contribution is 5.16. The maximum Gasteiger partial charge on any atom is 0.169 e. The smallest absolute Gasteiger partial charge is 0.169 e. The van der Waals surface area contributed by atoms with Crippen LogP contribution < -0.4 is 0 Å². The molecule has 15 heavy (non-hydrogen) atoms. The Labute approximate surface area is 91.2 Å². The molecule has 2 rings (SSSR count). The normalized spacial score (nSPS) is 31.5. The molecule has 0 N–H and O–H groups in total. The molecule has 1 heterocycles. The minimum atomic E-state index is -0.445. The topological polar surface area (TPSA) is 18.5 Å². The molecule has 0 spiro atoms. The molecule has 2 nitrogen and oxygen atoms in total. The van der Waals surface area contributed by atoms with Gasteiger partial charge in [0.1, 0.15) is 0 Å². The van der Waals surface area contributed by atoms with Gasteiger partial charge in [0, 0.05) is 6.42 Å². The summed E-state index contributed by atoms with van der Waals surface area (Å²) in [6.07, 6.45) is 2.11. The summed E-state index contributed by atoms with van der Waals surface area (Å²) in [5.74, 6) is -0.445. The average Bonchev–Trinajstić information content (AvgIpc) is 2.18. The molecule has 2 unspecified atom stereocenters. The van der Waals surface area contributed by atoms with Gasteiger partial charge >= 0.3 is 0 Å². The lowest BCUT2D eigenvalue weighted by Gasteiger charge is -2.37. The van der Waals surface area contributed by atoms with Gasteiger partial charge < -0.3 is 9.47 Å². The van der Waals surface area contributed by atoms with Crippen LogP contribution in [0.3, 0.4) is 0 Å². The molecule has 82 valence electrons. The van der Waals surface area contributed by atoms with E-state index in [-0.39, 0.29) is 0 Å². The zero-order valence-electron chi connectivity index (χ0n) is 9.40. The van der Waals surface area contributed by atoms with Crippen molar-refractivity contribution >= 4 is 0 Å². The van der Waals surface area contributed by atoms with Gasteiger partial charge in [-0.25, -0.2) is 0 Å². The van der Waals surface area contributed by atoms with Crippen LogP contribution in [0.1, 0.15) is 25.8 Å². The Morgan fingerprint density at radius 2 is 2.07 bits per heavy atom. The van der Waals surface area contributed by atoms with Gasteiger partial charge in [0.2, 0.25) is 0 Å². The molecule has 1 aliphatic heterocycles. The molecule has 1 saturated heterocycles. The van der Waals surface area contributed by atoms with E-state index < -0.39 is 5.79 Å². The van der Waals surface area contributed by atoms with Crippen LogP contribution in [-0.2, 0) is 15.9 Å². The van der Waals surface area contributed by atoms with Crippen LogP contribution in [0.25, 0.3) is 0 Å². The fourth-order valence-electron chi connectivity index (χ4n) is 2.02. The second kappa shape index (κ2) is 4.33. The number of hydrogen-bond acceptors (Lipinski definition) is 2. The zero-order valence-corrected chi connectivity index (χ0v) is 9.40. The van der Waals surface area contributed by atoms with E-state index in [1.807, 2.05) is 25.1 Å². The lowest BCUT2D eigenvalue weighted by Crippen LogP contribution is -2.42. The van der Waals surface area contributed by atoms with Crippen LogP contribution in [0.5, 0.6) is 0 Å². The van der Waals surface area contributed by atoms with E-state index in [0.29, 0.717) is 6.10 Å². The summed E-state index contributed by atoms with van der Waals surface area (Å²) in [4.78, 5) is 0. The second-order valence-electron chi connectivity index (χ2n) is 4.36. The van der Waals surface area contributed by atoms with Crippen molar-refractivity contribution in [3.05, 3.63) is 35.9 Å². The van der Waals surface area contributed by atoms with Crippen molar-refractivity contribution in [3.8, 4) is 0 Å². The van der Waals surface area contributed by atoms with Gasteiger partial charge in [-0.05, 0) is 25.8 Å². The number of benzene rings is 1. The number of ether oxygens (including phenoxy) is 2. The standard InChI is InChI=1S/C13H18O2/c1-11-8-9-14-13(2,15-11)10-12-6-4-3-5-7-12/h3-7,11H,8-10H2,1-2H3. The Morgan fingerprint density at radius 1 is 1.33 bits per heavy atom. The highest BCUT2D eigenvalue weighted by atomic mass is 16.7. The second-order valence-corrected chi connectivity index (χ2v) is 4.36. The number of hydrogen-bond donors (Lipinski definition) is 0. The van der Waals surface area contributed by atoms with Crippen LogP contribution in [0.4, 0.5) is 0 Å². The van der Waals surface area contributed by atoms with E-state index >= 15 is 0 Å². The SMILES string of the molecule is CC1CCOC(C)(Cc2ccccc2)O1. The summed E-state index contributed by atoms with van der Waals surface area (Å²) in [5.41, 5.74) is 1.26. The molecule has 0 amide bonds. The summed E-state index contributed by atoms with van der Waals surface area (Å²) in [6, 6.07) is 10.3. The first-order chi connectivity index (χ1) is 7.18. The minimum absolute atomic E-state index is 0.299. The Morgan fingerprint density at radius 3 is 2.73 bits per heavy atom. The zero-order chi connectivity index (χ0) is 10.7. The van der Waals surface area contributed by atoms with Gasteiger partial charge in [-0.1, -0.05) is 30.3 Å². The van der Waals surface area contributed by atoms with Crippen molar-refractivity contribution in [2.45, 2.75) is 38.6 Å². The first-order valence-corrected chi connectivity index (χ1v) is 5.54. The fraction of sp³-hybridized carbons (Fsp3) is 0.538. The van der Waals surface area contributed by atoms with Gasteiger partial charge in [-0.3, -0.25) is 0 Å². The van der Waals surface area contributed by atoms with Gasteiger partial charge in [0.15, 0.2) is 5.79 Å². The Kier molecular flexibility index (Phi) is 3.08. The van der Waals surface area contributed by atoms with Gasteiger partial charge in [-0.15, -0.1) is 0 Å². The molecular weight excluding hydrogens is 188 g/mol. The predicted octanol–water partition coefficient (Wildman–Crippen LogP) is 2.77. The molecule has 0 aromatic heterocycles. The largest absolute Gasteiger partial charge is 0.350 e. The highest BCUT2D eigenvalue weighted by Crippen LogP contribution is 2.26. The van der Waals surface area contributed by atoms with Crippen LogP contribution >= 0.6 is 0 Å². The van der Waals surface area contributed by atoms with Crippen LogP contribution in [-0.4, -0.2) is 18.5 Å². The Balaban J connectivity index is 2.04. The Bertz CT molecular complexity index is 310. The predicted molar refractivity (Wildman–Crippen MR) is 59.7 cm³/mol. The maximum absolute atomic E-state index is 5.86. The molecule has 1 aromatic rings. The van der Waals surface area contributed by atoms with Crippen molar-refractivity contribution in [3.63, 3.8) is 0 Å². The lowest BCUT2D eigenvalue weighted by molar-refractivity contribution is -0.278. The maximum atomic E-state index is 5.86. The van der Waals surface area contributed by atoms with Gasteiger partial charge in [-0.2, -0.15) is 0 Å². The third-order valence-corrected chi connectivity index (χ3v) is 2.75. The van der Waals surface area contributed by atoms with E-state index in [1.165, 1.54) is 5.56 Å². The van der Waals surface area contributed by atoms with Crippen molar-refractivity contribution in [2.75, 3.05) is 6.61 Å². The van der Waals surface area contributed by atoms with Crippen LogP contribution in [0, 0.1) is 0 Å². The van der Waals surface area contributed by atoms with E-state index in [0.717, 1.165) is 19.4 Å². The van der Waals surface area contributed by atoms with Gasteiger partial charge in [0.25, 0.3) is 0 Å². The van der Waals surface area contributed by atoms with Crippen molar-refractivity contribution < 1.29 is 9.47 Å². The van der Waals surface area contributed by atoms with E-state index in [9.17, 15) is 0 Å². The molecule has 0 aliphatic carbocycles. The van der Waals surface area contributed by atoms with E-state index in [2.05, 4.69) is 19.1 Å². The quantitative estimate of drug-likeness (QED) is 0.740. The van der Waals surface area contributed by atoms with Crippen molar-refractivity contribution in [2.24, 2.45) is 0 Å². The van der Waals surface area contributed by atoms with E-state index in [1.54, 1.807) is 0 Å². The molecular formula is C13H18O2. The monoisotopic (exact) mass is 206 g/mol. The summed E-state index contributed by atoms with van der Waals surface area (Å²) in [6.45, 7) is 4.92. The summed E-state index contributed by atoms with van der Waals surface area (Å²) in [5, 5.41) is 0. The minimum Gasteiger partial charge on any atom is -0.350 e. The molecule has 2 atom stereocenters. The number of rotatable bonds is 2. The molecule has 0 saturated carbocycles. The van der Waals surface area contributed by atoms with Gasteiger partial charge in [0.05, 0.1) is 12.7 Å². The van der Waals surface area contributed by atoms with Crippen LogP contribution in [0.15, 0.2) is 30.3 Å². The third-order valence-electron chi connectivity index (χ3n) is 2.75. The molecule has 2 heteroatoms. The molecule has 0 radical (unpaired) electrons. The molecule has 1 aromatic carbocycles. The summed E-state index contributed by atoms with van der Waals surface area (Å²) in [7, 11) is 0. The first-order valence-electron chi connectivity index (χ1n) is 5.54. The molecule has 1 aliphatic rings. The lowest BCUT2D eigenvalue weighted by atomic mass is 10.0. The average molecular weight is 206 g/mol. The van der Waals surface area contributed by atoms with Crippen molar-refractivity contribution in [1.29, 1.82) is 0 Å². The first kappa shape index (κ1) is 10.7. The molecule has 1 fully saturated rings.